The molecule has 1 heterocycles. The summed E-state index contributed by atoms with van der Waals surface area (Å²) in [5.74, 6) is 0.422. The second kappa shape index (κ2) is 5.34. The maximum atomic E-state index is 4.19. The first-order valence-electron chi connectivity index (χ1n) is 6.45. The number of rotatable bonds is 4. The van der Waals surface area contributed by atoms with Crippen LogP contribution in [0.5, 0.6) is 0 Å². The molecule has 1 aromatic carbocycles. The van der Waals surface area contributed by atoms with E-state index in [9.17, 15) is 0 Å². The first-order chi connectivity index (χ1) is 8.54. The van der Waals surface area contributed by atoms with Crippen LogP contribution in [0.25, 0.3) is 0 Å². The summed E-state index contributed by atoms with van der Waals surface area (Å²) < 4.78 is 0. The largest absolute Gasteiger partial charge is 0.265 e. The van der Waals surface area contributed by atoms with Crippen LogP contribution in [0.15, 0.2) is 36.5 Å². The number of hydrogen-bond acceptors (Lipinski definition) is 2. The third-order valence-corrected chi connectivity index (χ3v) is 3.04. The van der Waals surface area contributed by atoms with Crippen LogP contribution in [0.1, 0.15) is 44.4 Å². The standard InChI is InChI=1S/C15H21N3/c1-15(2,3)10-13(14-11-16-18-17-14)9-12-7-5-4-6-8-12/h4-8,11,13H,9-10H2,1-3H3,(H,16,17,18). The third-order valence-electron chi connectivity index (χ3n) is 3.04. The third kappa shape index (κ3) is 3.69. The molecule has 1 unspecified atom stereocenters. The van der Waals surface area contributed by atoms with Gasteiger partial charge < -0.3 is 0 Å². The molecule has 18 heavy (non-hydrogen) atoms. The molecule has 2 aromatic rings. The Morgan fingerprint density at radius 3 is 2.44 bits per heavy atom. The van der Waals surface area contributed by atoms with E-state index in [2.05, 4.69) is 66.5 Å². The van der Waals surface area contributed by atoms with E-state index >= 15 is 0 Å². The number of benzene rings is 1. The minimum Gasteiger partial charge on any atom is -0.265 e. The van der Waals surface area contributed by atoms with Crippen LogP contribution >= 0.6 is 0 Å². The van der Waals surface area contributed by atoms with Crippen LogP contribution in [0.2, 0.25) is 0 Å². The average molecular weight is 243 g/mol. The van der Waals surface area contributed by atoms with Gasteiger partial charge in [0.1, 0.15) is 0 Å². The Bertz CT molecular complexity index is 454. The highest BCUT2D eigenvalue weighted by Gasteiger charge is 2.22. The molecule has 0 radical (unpaired) electrons. The van der Waals surface area contributed by atoms with Gasteiger partial charge in [0.15, 0.2) is 0 Å². The molecule has 0 aliphatic rings. The predicted molar refractivity (Wildman–Crippen MR) is 73.3 cm³/mol. The molecule has 3 nitrogen and oxygen atoms in total. The molecule has 0 spiro atoms. The molecule has 96 valence electrons. The molecular formula is C15H21N3. The molecule has 0 saturated carbocycles. The summed E-state index contributed by atoms with van der Waals surface area (Å²) in [5.41, 5.74) is 2.71. The zero-order chi connectivity index (χ0) is 13.0. The molecule has 1 aromatic heterocycles. The van der Waals surface area contributed by atoms with E-state index in [1.165, 1.54) is 5.56 Å². The molecule has 0 fully saturated rings. The van der Waals surface area contributed by atoms with Crippen LogP contribution in [0, 0.1) is 5.41 Å². The Balaban J connectivity index is 2.15. The van der Waals surface area contributed by atoms with Crippen LogP contribution in [-0.4, -0.2) is 15.4 Å². The fourth-order valence-electron chi connectivity index (χ4n) is 2.33. The molecule has 2 rings (SSSR count). The normalized spacial score (nSPS) is 13.5. The Labute approximate surface area is 109 Å². The van der Waals surface area contributed by atoms with E-state index in [0.29, 0.717) is 11.3 Å². The molecule has 1 atom stereocenters. The van der Waals surface area contributed by atoms with Crippen LogP contribution in [0.4, 0.5) is 0 Å². The Hall–Kier alpha value is -1.64. The van der Waals surface area contributed by atoms with Gasteiger partial charge in [-0.15, -0.1) is 5.10 Å². The van der Waals surface area contributed by atoms with Gasteiger partial charge >= 0.3 is 0 Å². The van der Waals surface area contributed by atoms with Gasteiger partial charge in [-0.2, -0.15) is 0 Å². The maximum absolute atomic E-state index is 4.19. The molecule has 1 N–H and O–H groups in total. The Morgan fingerprint density at radius 2 is 1.89 bits per heavy atom. The lowest BCUT2D eigenvalue weighted by atomic mass is 9.80. The number of aromatic nitrogens is 3. The summed E-state index contributed by atoms with van der Waals surface area (Å²) >= 11 is 0. The van der Waals surface area contributed by atoms with Gasteiger partial charge in [0.05, 0.1) is 5.69 Å². The van der Waals surface area contributed by atoms with E-state index in [-0.39, 0.29) is 0 Å². The van der Waals surface area contributed by atoms with Gasteiger partial charge in [0, 0.05) is 12.1 Å². The predicted octanol–water partition coefficient (Wildman–Crippen LogP) is 3.57. The minimum absolute atomic E-state index is 0.290. The first-order valence-corrected chi connectivity index (χ1v) is 6.45. The summed E-state index contributed by atoms with van der Waals surface area (Å²) in [4.78, 5) is 0. The minimum atomic E-state index is 0.290. The summed E-state index contributed by atoms with van der Waals surface area (Å²) in [7, 11) is 0. The lowest BCUT2D eigenvalue weighted by Gasteiger charge is -2.24. The van der Waals surface area contributed by atoms with Gasteiger partial charge in [-0.05, 0) is 23.8 Å². The summed E-state index contributed by atoms with van der Waals surface area (Å²) in [6, 6.07) is 10.6. The van der Waals surface area contributed by atoms with Crippen molar-refractivity contribution < 1.29 is 0 Å². The fraction of sp³-hybridized carbons (Fsp3) is 0.467. The average Bonchev–Trinajstić information content (AvgIpc) is 2.81. The van der Waals surface area contributed by atoms with Crippen molar-refractivity contribution in [2.45, 2.75) is 39.5 Å². The first kappa shape index (κ1) is 12.8. The van der Waals surface area contributed by atoms with Crippen molar-refractivity contribution in [2.24, 2.45) is 5.41 Å². The zero-order valence-electron chi connectivity index (χ0n) is 11.4. The quantitative estimate of drug-likeness (QED) is 0.892. The second-order valence-corrected chi connectivity index (χ2v) is 6.05. The van der Waals surface area contributed by atoms with E-state index in [4.69, 9.17) is 0 Å². The number of nitrogens with zero attached hydrogens (tertiary/aromatic N) is 2. The van der Waals surface area contributed by atoms with Crippen molar-refractivity contribution in [3.63, 3.8) is 0 Å². The summed E-state index contributed by atoms with van der Waals surface area (Å²) in [6.45, 7) is 6.81. The van der Waals surface area contributed by atoms with E-state index in [1.807, 2.05) is 6.20 Å². The van der Waals surface area contributed by atoms with Crippen LogP contribution in [0.3, 0.4) is 0 Å². The molecule has 0 aliphatic carbocycles. The maximum Gasteiger partial charge on any atom is 0.0858 e. The highest BCUT2D eigenvalue weighted by Crippen LogP contribution is 2.32. The molecule has 0 bridgehead atoms. The van der Waals surface area contributed by atoms with Crippen molar-refractivity contribution in [2.75, 3.05) is 0 Å². The van der Waals surface area contributed by atoms with Crippen LogP contribution < -0.4 is 0 Å². The summed E-state index contributed by atoms with van der Waals surface area (Å²) in [6.07, 6.45) is 4.04. The molecule has 0 amide bonds. The van der Waals surface area contributed by atoms with Crippen molar-refractivity contribution >= 4 is 0 Å². The lowest BCUT2D eigenvalue weighted by molar-refractivity contribution is 0.335. The smallest absolute Gasteiger partial charge is 0.0858 e. The number of aromatic amines is 1. The van der Waals surface area contributed by atoms with Gasteiger partial charge in [-0.25, -0.2) is 0 Å². The monoisotopic (exact) mass is 243 g/mol. The number of H-pyrrole nitrogens is 1. The highest BCUT2D eigenvalue weighted by atomic mass is 15.3. The number of hydrogen-bond donors (Lipinski definition) is 1. The van der Waals surface area contributed by atoms with Gasteiger partial charge in [-0.3, -0.25) is 5.10 Å². The van der Waals surface area contributed by atoms with Crippen molar-refractivity contribution in [3.05, 3.63) is 47.8 Å². The lowest BCUT2D eigenvalue weighted by Crippen LogP contribution is -2.14. The summed E-state index contributed by atoms with van der Waals surface area (Å²) in [5, 5.41) is 10.9. The van der Waals surface area contributed by atoms with E-state index in [1.54, 1.807) is 0 Å². The molecule has 0 aliphatic heterocycles. The second-order valence-electron chi connectivity index (χ2n) is 6.05. The molecule has 0 saturated heterocycles. The van der Waals surface area contributed by atoms with Gasteiger partial charge in [0.25, 0.3) is 0 Å². The molecular weight excluding hydrogens is 222 g/mol. The van der Waals surface area contributed by atoms with Crippen molar-refractivity contribution in [1.29, 1.82) is 0 Å². The van der Waals surface area contributed by atoms with Crippen LogP contribution in [-0.2, 0) is 6.42 Å². The Kier molecular flexibility index (Phi) is 3.80. The van der Waals surface area contributed by atoms with Crippen molar-refractivity contribution in [1.82, 2.24) is 15.4 Å². The zero-order valence-corrected chi connectivity index (χ0v) is 11.4. The highest BCUT2D eigenvalue weighted by molar-refractivity contribution is 5.18. The van der Waals surface area contributed by atoms with Crippen molar-refractivity contribution in [3.8, 4) is 0 Å². The topological polar surface area (TPSA) is 41.6 Å². The van der Waals surface area contributed by atoms with Gasteiger partial charge in [-0.1, -0.05) is 56.3 Å². The SMILES string of the molecule is CC(C)(C)CC(Cc1ccccc1)c1c[nH]nn1. The van der Waals surface area contributed by atoms with E-state index in [0.717, 1.165) is 18.5 Å². The van der Waals surface area contributed by atoms with E-state index < -0.39 is 0 Å². The Morgan fingerprint density at radius 1 is 1.17 bits per heavy atom. The number of nitrogens with one attached hydrogen (secondary N) is 1. The molecule has 3 heteroatoms. The van der Waals surface area contributed by atoms with Gasteiger partial charge in [0.2, 0.25) is 0 Å². The fourth-order valence-corrected chi connectivity index (χ4v) is 2.33.